The number of hydrogen-bond donors (Lipinski definition) is 0. The molecule has 11 heteroatoms. The highest BCUT2D eigenvalue weighted by atomic mass is 32.2. The normalized spacial score (nSPS) is 12.5. The second-order valence-corrected chi connectivity index (χ2v) is 8.20. The standard InChI is InChI=1S/C18H15F4N3O3S/c1-25(29(26,27)14-8-6-13(19)7-9-14)11-16-23-17(28-24-16)10-12-4-2-3-5-15(12)18(20,21)22/h2-9H,10-11H2,1H3. The number of benzene rings is 2. The molecule has 154 valence electrons. The average molecular weight is 429 g/mol. The smallest absolute Gasteiger partial charge is 0.339 e. The molecule has 0 aliphatic heterocycles. The summed E-state index contributed by atoms with van der Waals surface area (Å²) < 4.78 is 83.1. The molecule has 6 nitrogen and oxygen atoms in total. The topological polar surface area (TPSA) is 76.3 Å². The summed E-state index contributed by atoms with van der Waals surface area (Å²) in [6, 6.07) is 9.28. The number of aromatic nitrogens is 2. The molecule has 0 fully saturated rings. The Morgan fingerprint density at radius 3 is 2.38 bits per heavy atom. The van der Waals surface area contributed by atoms with E-state index in [0.717, 1.165) is 34.6 Å². The first-order chi connectivity index (χ1) is 13.6. The third-order valence-corrected chi connectivity index (χ3v) is 5.88. The summed E-state index contributed by atoms with van der Waals surface area (Å²) in [5, 5.41) is 3.63. The number of halogens is 4. The summed E-state index contributed by atoms with van der Waals surface area (Å²) in [6.45, 7) is -0.274. The van der Waals surface area contributed by atoms with E-state index < -0.39 is 27.6 Å². The largest absolute Gasteiger partial charge is 0.416 e. The molecule has 0 saturated heterocycles. The first-order valence-corrected chi connectivity index (χ1v) is 9.70. The molecule has 0 saturated carbocycles. The van der Waals surface area contributed by atoms with E-state index in [0.29, 0.717) is 0 Å². The van der Waals surface area contributed by atoms with Crippen LogP contribution >= 0.6 is 0 Å². The number of alkyl halides is 3. The van der Waals surface area contributed by atoms with Gasteiger partial charge in [0.25, 0.3) is 0 Å². The SMILES string of the molecule is CN(Cc1noc(Cc2ccccc2C(F)(F)F)n1)S(=O)(=O)c1ccc(F)cc1. The molecule has 0 bridgehead atoms. The number of sulfonamides is 1. The van der Waals surface area contributed by atoms with Gasteiger partial charge in [-0.3, -0.25) is 0 Å². The Balaban J connectivity index is 1.75. The molecule has 1 aromatic heterocycles. The van der Waals surface area contributed by atoms with Gasteiger partial charge >= 0.3 is 6.18 Å². The van der Waals surface area contributed by atoms with Gasteiger partial charge in [0.15, 0.2) is 5.82 Å². The monoisotopic (exact) mass is 429 g/mol. The number of hydrogen-bond acceptors (Lipinski definition) is 5. The lowest BCUT2D eigenvalue weighted by Crippen LogP contribution is -2.27. The molecule has 0 radical (unpaired) electrons. The minimum absolute atomic E-state index is 0.0160. The maximum Gasteiger partial charge on any atom is 0.416 e. The Morgan fingerprint density at radius 1 is 1.07 bits per heavy atom. The van der Waals surface area contributed by atoms with Crippen LogP contribution in [0.4, 0.5) is 17.6 Å². The van der Waals surface area contributed by atoms with Gasteiger partial charge in [-0.1, -0.05) is 23.4 Å². The molecule has 0 spiro atoms. The second-order valence-electron chi connectivity index (χ2n) is 6.15. The average Bonchev–Trinajstić information content (AvgIpc) is 3.08. The predicted octanol–water partition coefficient (Wildman–Crippen LogP) is 3.64. The quantitative estimate of drug-likeness (QED) is 0.560. The molecule has 0 aliphatic rings. The fourth-order valence-electron chi connectivity index (χ4n) is 2.61. The van der Waals surface area contributed by atoms with Crippen LogP contribution in [0.5, 0.6) is 0 Å². The zero-order valence-electron chi connectivity index (χ0n) is 15.0. The van der Waals surface area contributed by atoms with Crippen molar-refractivity contribution in [3.05, 3.63) is 77.2 Å². The molecular weight excluding hydrogens is 414 g/mol. The van der Waals surface area contributed by atoms with Crippen molar-refractivity contribution in [2.75, 3.05) is 7.05 Å². The van der Waals surface area contributed by atoms with Gasteiger partial charge in [-0.05, 0) is 35.9 Å². The van der Waals surface area contributed by atoms with Crippen molar-refractivity contribution >= 4 is 10.0 Å². The van der Waals surface area contributed by atoms with Gasteiger partial charge < -0.3 is 4.52 Å². The fourth-order valence-corrected chi connectivity index (χ4v) is 3.74. The number of nitrogens with zero attached hydrogens (tertiary/aromatic N) is 3. The van der Waals surface area contributed by atoms with E-state index in [1.54, 1.807) is 0 Å². The van der Waals surface area contributed by atoms with E-state index in [9.17, 15) is 26.0 Å². The van der Waals surface area contributed by atoms with Crippen LogP contribution in [-0.2, 0) is 29.2 Å². The van der Waals surface area contributed by atoms with Crippen molar-refractivity contribution in [3.63, 3.8) is 0 Å². The minimum atomic E-state index is -4.52. The van der Waals surface area contributed by atoms with Gasteiger partial charge in [0, 0.05) is 7.05 Å². The van der Waals surface area contributed by atoms with E-state index in [2.05, 4.69) is 10.1 Å². The van der Waals surface area contributed by atoms with Crippen molar-refractivity contribution in [3.8, 4) is 0 Å². The van der Waals surface area contributed by atoms with E-state index in [1.807, 2.05) is 0 Å². The van der Waals surface area contributed by atoms with Crippen molar-refractivity contribution in [2.24, 2.45) is 0 Å². The highest BCUT2D eigenvalue weighted by Crippen LogP contribution is 2.32. The first kappa shape index (κ1) is 20.9. The molecule has 1 heterocycles. The Morgan fingerprint density at radius 2 is 1.72 bits per heavy atom. The van der Waals surface area contributed by atoms with Gasteiger partial charge in [-0.25, -0.2) is 12.8 Å². The molecule has 29 heavy (non-hydrogen) atoms. The van der Waals surface area contributed by atoms with Crippen molar-refractivity contribution in [1.82, 2.24) is 14.4 Å². The van der Waals surface area contributed by atoms with Gasteiger partial charge in [-0.15, -0.1) is 0 Å². The Bertz CT molecular complexity index is 1100. The zero-order chi connectivity index (χ0) is 21.2. The van der Waals surface area contributed by atoms with Crippen molar-refractivity contribution < 1.29 is 30.5 Å². The predicted molar refractivity (Wildman–Crippen MR) is 93.6 cm³/mol. The summed E-state index contributed by atoms with van der Waals surface area (Å²) in [7, 11) is -2.66. The summed E-state index contributed by atoms with van der Waals surface area (Å²) in [4.78, 5) is 3.86. The summed E-state index contributed by atoms with van der Waals surface area (Å²) >= 11 is 0. The van der Waals surface area contributed by atoms with Gasteiger partial charge in [0.2, 0.25) is 15.9 Å². The highest BCUT2D eigenvalue weighted by Gasteiger charge is 2.33. The lowest BCUT2D eigenvalue weighted by molar-refractivity contribution is -0.138. The van der Waals surface area contributed by atoms with E-state index in [4.69, 9.17) is 4.52 Å². The molecule has 2 aromatic carbocycles. The summed E-state index contributed by atoms with van der Waals surface area (Å²) in [5.41, 5.74) is -0.849. The van der Waals surface area contributed by atoms with Crippen LogP contribution in [0.2, 0.25) is 0 Å². The van der Waals surface area contributed by atoms with Crippen molar-refractivity contribution in [1.29, 1.82) is 0 Å². The highest BCUT2D eigenvalue weighted by molar-refractivity contribution is 7.89. The Kier molecular flexibility index (Phi) is 5.71. The molecule has 3 aromatic rings. The van der Waals surface area contributed by atoms with Crippen LogP contribution in [0.3, 0.4) is 0 Å². The van der Waals surface area contributed by atoms with Crippen LogP contribution in [0.15, 0.2) is 57.9 Å². The Labute approximate surface area is 163 Å². The Hall–Kier alpha value is -2.79. The van der Waals surface area contributed by atoms with Crippen LogP contribution in [0, 0.1) is 5.82 Å². The van der Waals surface area contributed by atoms with E-state index in [-0.39, 0.29) is 35.1 Å². The molecule has 0 unspecified atom stereocenters. The maximum absolute atomic E-state index is 13.1. The first-order valence-electron chi connectivity index (χ1n) is 8.26. The molecule has 0 aliphatic carbocycles. The van der Waals surface area contributed by atoms with Crippen LogP contribution < -0.4 is 0 Å². The number of rotatable bonds is 6. The molecular formula is C18H15F4N3O3S. The van der Waals surface area contributed by atoms with E-state index >= 15 is 0 Å². The molecule has 0 N–H and O–H groups in total. The summed E-state index contributed by atoms with van der Waals surface area (Å²) in [6.07, 6.45) is -4.78. The molecule has 0 atom stereocenters. The molecule has 3 rings (SSSR count). The van der Waals surface area contributed by atoms with Crippen LogP contribution in [-0.4, -0.2) is 29.9 Å². The second kappa shape index (κ2) is 7.91. The minimum Gasteiger partial charge on any atom is -0.339 e. The van der Waals surface area contributed by atoms with Crippen molar-refractivity contribution in [2.45, 2.75) is 24.0 Å². The van der Waals surface area contributed by atoms with Gasteiger partial charge in [0.05, 0.1) is 23.4 Å². The lowest BCUT2D eigenvalue weighted by Gasteiger charge is -2.15. The van der Waals surface area contributed by atoms with Gasteiger partial charge in [0.1, 0.15) is 5.82 Å². The van der Waals surface area contributed by atoms with E-state index in [1.165, 1.54) is 25.2 Å². The van der Waals surface area contributed by atoms with Crippen LogP contribution in [0.25, 0.3) is 0 Å². The van der Waals surface area contributed by atoms with Crippen LogP contribution in [0.1, 0.15) is 22.8 Å². The third-order valence-electron chi connectivity index (χ3n) is 4.06. The molecule has 0 amide bonds. The zero-order valence-corrected chi connectivity index (χ0v) is 15.8. The third kappa shape index (κ3) is 4.80. The summed E-state index contributed by atoms with van der Waals surface area (Å²) in [5.74, 6) is -0.671. The lowest BCUT2D eigenvalue weighted by atomic mass is 10.0. The maximum atomic E-state index is 13.1. The fraction of sp³-hybridized carbons (Fsp3) is 0.222. The van der Waals surface area contributed by atoms with Gasteiger partial charge in [-0.2, -0.15) is 22.5 Å².